The van der Waals surface area contributed by atoms with E-state index in [-0.39, 0.29) is 18.4 Å². The van der Waals surface area contributed by atoms with Crippen LogP contribution in [-0.4, -0.2) is 29.9 Å². The number of ether oxygens (including phenoxy) is 1. The second-order valence-electron chi connectivity index (χ2n) is 6.21. The first-order valence-electron chi connectivity index (χ1n) is 8.33. The maximum absolute atomic E-state index is 12.1. The molecule has 0 saturated carbocycles. The van der Waals surface area contributed by atoms with E-state index in [0.29, 0.717) is 28.2 Å². The van der Waals surface area contributed by atoms with E-state index < -0.39 is 0 Å². The first-order valence-corrected chi connectivity index (χ1v) is 9.15. The van der Waals surface area contributed by atoms with Crippen LogP contribution < -0.4 is 15.4 Å². The van der Waals surface area contributed by atoms with Gasteiger partial charge in [0.1, 0.15) is 10.6 Å². The van der Waals surface area contributed by atoms with Gasteiger partial charge >= 0.3 is 0 Å². The number of thiazole rings is 1. The quantitative estimate of drug-likeness (QED) is 0.860. The molecule has 2 amide bonds. The number of benzene rings is 1. The van der Waals surface area contributed by atoms with Gasteiger partial charge in [0.15, 0.2) is 11.7 Å². The van der Waals surface area contributed by atoms with Gasteiger partial charge < -0.3 is 10.1 Å². The Kier molecular flexibility index (Phi) is 5.33. The van der Waals surface area contributed by atoms with Crippen LogP contribution >= 0.6 is 11.3 Å². The zero-order valence-electron chi connectivity index (χ0n) is 14.3. The van der Waals surface area contributed by atoms with Crippen LogP contribution in [0.15, 0.2) is 24.3 Å². The van der Waals surface area contributed by atoms with Crippen molar-refractivity contribution in [3.8, 4) is 5.75 Å². The van der Waals surface area contributed by atoms with Gasteiger partial charge in [-0.25, -0.2) is 4.98 Å². The van der Waals surface area contributed by atoms with E-state index in [1.807, 2.05) is 24.3 Å². The largest absolute Gasteiger partial charge is 0.484 e. The summed E-state index contributed by atoms with van der Waals surface area (Å²) in [4.78, 5) is 28.9. The Labute approximate surface area is 150 Å². The number of carbonyl (C=O) groups is 2. The van der Waals surface area contributed by atoms with Crippen LogP contribution in [0.2, 0.25) is 0 Å². The summed E-state index contributed by atoms with van der Waals surface area (Å²) < 4.78 is 5.50. The monoisotopic (exact) mass is 359 g/mol. The molecule has 0 unspecified atom stereocenters. The molecule has 1 aliphatic rings. The molecule has 3 rings (SSSR count). The molecule has 132 valence electrons. The van der Waals surface area contributed by atoms with E-state index in [2.05, 4.69) is 29.5 Å². The molecule has 2 heterocycles. The lowest BCUT2D eigenvalue weighted by Gasteiger charge is -2.08. The molecule has 0 saturated heterocycles. The van der Waals surface area contributed by atoms with Gasteiger partial charge in [-0.05, 0) is 36.5 Å². The lowest BCUT2D eigenvalue weighted by Crippen LogP contribution is -2.21. The fourth-order valence-electron chi connectivity index (χ4n) is 2.54. The SMILES string of the molecule is CC(C)c1ccc(OCC(=O)Nc2nc3c(s2)C(=O)NCCC3)cc1. The van der Waals surface area contributed by atoms with Gasteiger partial charge in [0.25, 0.3) is 11.8 Å². The highest BCUT2D eigenvalue weighted by molar-refractivity contribution is 7.17. The zero-order valence-corrected chi connectivity index (χ0v) is 15.1. The lowest BCUT2D eigenvalue weighted by atomic mass is 10.0. The molecule has 0 spiro atoms. The number of aryl methyl sites for hydroxylation is 1. The van der Waals surface area contributed by atoms with Crippen LogP contribution in [0.4, 0.5) is 5.13 Å². The third kappa shape index (κ3) is 4.36. The number of nitrogens with zero attached hydrogens (tertiary/aromatic N) is 1. The number of aromatic nitrogens is 1. The van der Waals surface area contributed by atoms with E-state index in [1.54, 1.807) is 0 Å². The minimum atomic E-state index is -0.294. The highest BCUT2D eigenvalue weighted by Crippen LogP contribution is 2.25. The maximum atomic E-state index is 12.1. The summed E-state index contributed by atoms with van der Waals surface area (Å²) >= 11 is 1.20. The average Bonchev–Trinajstić information content (AvgIpc) is 2.92. The van der Waals surface area contributed by atoms with Crippen molar-refractivity contribution in [3.63, 3.8) is 0 Å². The summed E-state index contributed by atoms with van der Waals surface area (Å²) in [6.07, 6.45) is 1.59. The number of hydrogen-bond donors (Lipinski definition) is 2. The number of rotatable bonds is 5. The summed E-state index contributed by atoms with van der Waals surface area (Å²) in [7, 11) is 0. The van der Waals surface area contributed by atoms with Crippen LogP contribution in [0.3, 0.4) is 0 Å². The third-order valence-corrected chi connectivity index (χ3v) is 4.95. The predicted molar refractivity (Wildman–Crippen MR) is 97.4 cm³/mol. The molecular weight excluding hydrogens is 338 g/mol. The molecule has 25 heavy (non-hydrogen) atoms. The minimum absolute atomic E-state index is 0.0997. The normalized spacial score (nSPS) is 13.8. The van der Waals surface area contributed by atoms with E-state index in [9.17, 15) is 9.59 Å². The molecule has 1 aliphatic heterocycles. The third-order valence-electron chi connectivity index (χ3n) is 3.94. The first-order chi connectivity index (χ1) is 12.0. The number of fused-ring (bicyclic) bond motifs is 1. The number of carbonyl (C=O) groups excluding carboxylic acids is 2. The molecule has 0 fully saturated rings. The topological polar surface area (TPSA) is 80.3 Å². The molecule has 0 bridgehead atoms. The summed E-state index contributed by atoms with van der Waals surface area (Å²) in [5.41, 5.74) is 1.97. The van der Waals surface area contributed by atoms with Gasteiger partial charge in [-0.2, -0.15) is 0 Å². The molecule has 0 radical (unpaired) electrons. The average molecular weight is 359 g/mol. The van der Waals surface area contributed by atoms with E-state index in [1.165, 1.54) is 16.9 Å². The van der Waals surface area contributed by atoms with Crippen molar-refractivity contribution in [2.75, 3.05) is 18.5 Å². The van der Waals surface area contributed by atoms with Crippen molar-refractivity contribution in [1.29, 1.82) is 0 Å². The fourth-order valence-corrected chi connectivity index (χ4v) is 3.49. The van der Waals surface area contributed by atoms with Gasteiger partial charge in [0.05, 0.1) is 5.69 Å². The van der Waals surface area contributed by atoms with Crippen molar-refractivity contribution < 1.29 is 14.3 Å². The van der Waals surface area contributed by atoms with Gasteiger partial charge in [0.2, 0.25) is 0 Å². The Morgan fingerprint density at radius 2 is 2.12 bits per heavy atom. The highest BCUT2D eigenvalue weighted by atomic mass is 32.1. The van der Waals surface area contributed by atoms with Gasteiger partial charge in [-0.15, -0.1) is 0 Å². The van der Waals surface area contributed by atoms with Crippen molar-refractivity contribution in [2.24, 2.45) is 0 Å². The molecule has 6 nitrogen and oxygen atoms in total. The maximum Gasteiger partial charge on any atom is 0.264 e. The van der Waals surface area contributed by atoms with E-state index >= 15 is 0 Å². The smallest absolute Gasteiger partial charge is 0.264 e. The van der Waals surface area contributed by atoms with Gasteiger partial charge in [-0.3, -0.25) is 14.9 Å². The molecule has 1 aromatic heterocycles. The second kappa shape index (κ2) is 7.65. The fraction of sp³-hybridized carbons (Fsp3) is 0.389. The van der Waals surface area contributed by atoms with Crippen molar-refractivity contribution in [3.05, 3.63) is 40.4 Å². The Hall–Kier alpha value is -2.41. The number of hydrogen-bond acceptors (Lipinski definition) is 5. The van der Waals surface area contributed by atoms with Crippen LogP contribution in [0.1, 0.15) is 47.1 Å². The van der Waals surface area contributed by atoms with E-state index in [4.69, 9.17) is 4.74 Å². The molecule has 0 aliphatic carbocycles. The number of anilines is 1. The first kappa shape index (κ1) is 17.4. The second-order valence-corrected chi connectivity index (χ2v) is 7.21. The number of amides is 2. The Balaban J connectivity index is 1.56. The molecule has 0 atom stereocenters. The predicted octanol–water partition coefficient (Wildman–Crippen LogP) is 2.96. The van der Waals surface area contributed by atoms with Crippen LogP contribution in [0.5, 0.6) is 5.75 Å². The van der Waals surface area contributed by atoms with Crippen LogP contribution in [0, 0.1) is 0 Å². The van der Waals surface area contributed by atoms with Gasteiger partial charge in [0, 0.05) is 6.54 Å². The summed E-state index contributed by atoms with van der Waals surface area (Å²) in [5, 5.41) is 5.96. The molecular formula is C18H21N3O3S. The zero-order chi connectivity index (χ0) is 17.8. The highest BCUT2D eigenvalue weighted by Gasteiger charge is 2.21. The van der Waals surface area contributed by atoms with Crippen LogP contribution in [0.25, 0.3) is 0 Å². The minimum Gasteiger partial charge on any atom is -0.484 e. The Morgan fingerprint density at radius 1 is 1.36 bits per heavy atom. The summed E-state index contributed by atoms with van der Waals surface area (Å²) in [6.45, 7) is 4.81. The Bertz CT molecular complexity index is 768. The molecule has 2 N–H and O–H groups in total. The Morgan fingerprint density at radius 3 is 2.84 bits per heavy atom. The van der Waals surface area contributed by atoms with Crippen molar-refractivity contribution >= 4 is 28.3 Å². The summed E-state index contributed by atoms with van der Waals surface area (Å²) in [6, 6.07) is 7.71. The lowest BCUT2D eigenvalue weighted by molar-refractivity contribution is -0.118. The van der Waals surface area contributed by atoms with Gasteiger partial charge in [-0.1, -0.05) is 37.3 Å². The van der Waals surface area contributed by atoms with E-state index in [0.717, 1.165) is 18.5 Å². The van der Waals surface area contributed by atoms with Crippen molar-refractivity contribution in [1.82, 2.24) is 10.3 Å². The van der Waals surface area contributed by atoms with Crippen LogP contribution in [-0.2, 0) is 11.2 Å². The summed E-state index contributed by atoms with van der Waals surface area (Å²) in [5.74, 6) is 0.688. The molecule has 7 heteroatoms. The number of nitrogens with one attached hydrogen (secondary N) is 2. The standard InChI is InChI=1S/C18H21N3O3S/c1-11(2)12-5-7-13(8-6-12)24-10-15(22)21-18-20-14-4-3-9-19-17(23)16(14)25-18/h5-8,11H,3-4,9-10H2,1-2H3,(H,19,23)(H,20,21,22). The van der Waals surface area contributed by atoms with Crippen molar-refractivity contribution in [2.45, 2.75) is 32.6 Å². The molecule has 1 aromatic carbocycles. The molecule has 2 aromatic rings.